The van der Waals surface area contributed by atoms with Crippen LogP contribution < -0.4 is 4.90 Å². The molecule has 0 spiro atoms. The number of oxazole rings is 1. The second-order valence-electron chi connectivity index (χ2n) is 14.8. The molecule has 12 rings (SSSR count). The topological polar surface area (TPSA) is 39.1 Å². The lowest BCUT2D eigenvalue weighted by molar-refractivity contribution is 0.620. The van der Waals surface area contributed by atoms with Gasteiger partial charge in [-0.3, -0.25) is 0 Å². The molecule has 0 bridgehead atoms. The standard InChI is InChI=1S/C53H34N4O/c1-3-15-36(16-4-1)53-54-45-22-13-25-49(52(45)58-53)55(38-27-29-39(30-28-38)56-46-23-11-9-20-42(46)43-21-10-12-24-47(43)56)40-31-32-44-50(34-40)57(37-17-5-2-6-18-37)48-33-26-35-14-7-8-19-41(35)51(44)48/h1-34H. The van der Waals surface area contributed by atoms with Crippen LogP contribution in [0.3, 0.4) is 0 Å². The quantitative estimate of drug-likeness (QED) is 0.170. The normalized spacial score (nSPS) is 11.8. The highest BCUT2D eigenvalue weighted by Crippen LogP contribution is 2.44. The number of anilines is 3. The van der Waals surface area contributed by atoms with E-state index in [2.05, 4.69) is 184 Å². The minimum Gasteiger partial charge on any atom is -0.434 e. The van der Waals surface area contributed by atoms with Crippen molar-refractivity contribution in [3.63, 3.8) is 0 Å². The van der Waals surface area contributed by atoms with Crippen LogP contribution in [-0.4, -0.2) is 14.1 Å². The zero-order valence-electron chi connectivity index (χ0n) is 31.3. The van der Waals surface area contributed by atoms with E-state index in [1.165, 1.54) is 48.9 Å². The van der Waals surface area contributed by atoms with Gasteiger partial charge in [0.15, 0.2) is 5.58 Å². The van der Waals surface area contributed by atoms with E-state index < -0.39 is 0 Å². The molecule has 0 N–H and O–H groups in total. The summed E-state index contributed by atoms with van der Waals surface area (Å²) < 4.78 is 11.5. The Kier molecular flexibility index (Phi) is 7.16. The molecule has 3 aromatic heterocycles. The molecule has 0 radical (unpaired) electrons. The maximum atomic E-state index is 6.70. The molecule has 0 aliphatic heterocycles. The smallest absolute Gasteiger partial charge is 0.227 e. The van der Waals surface area contributed by atoms with E-state index >= 15 is 0 Å². The van der Waals surface area contributed by atoms with Crippen molar-refractivity contribution >= 4 is 82.5 Å². The summed E-state index contributed by atoms with van der Waals surface area (Å²) in [5.41, 5.74) is 12.2. The van der Waals surface area contributed by atoms with Crippen LogP contribution in [0.15, 0.2) is 211 Å². The predicted octanol–water partition coefficient (Wildman–Crippen LogP) is 14.3. The zero-order chi connectivity index (χ0) is 38.2. The molecule has 5 nitrogen and oxygen atoms in total. The van der Waals surface area contributed by atoms with Crippen molar-refractivity contribution in [2.24, 2.45) is 0 Å². The highest BCUT2D eigenvalue weighted by molar-refractivity contribution is 6.22. The Hall–Kier alpha value is -7.89. The molecule has 0 saturated carbocycles. The second-order valence-corrected chi connectivity index (χ2v) is 14.8. The number of nitrogens with zero attached hydrogens (tertiary/aromatic N) is 4. The average Bonchev–Trinajstić information content (AvgIpc) is 3.98. The van der Waals surface area contributed by atoms with Crippen LogP contribution in [0, 0.1) is 0 Å². The summed E-state index contributed by atoms with van der Waals surface area (Å²) in [7, 11) is 0. The Morgan fingerprint density at radius 2 is 1.03 bits per heavy atom. The van der Waals surface area contributed by atoms with Crippen molar-refractivity contribution in [1.82, 2.24) is 14.1 Å². The van der Waals surface area contributed by atoms with Gasteiger partial charge in [0.25, 0.3) is 0 Å². The SMILES string of the molecule is c1ccc(-c2nc3cccc(N(c4ccc(-n5c6ccccc6c6ccccc65)cc4)c4ccc5c6c7ccccc7ccc6n(-c6ccccc6)c5c4)c3o2)cc1. The first-order valence-electron chi connectivity index (χ1n) is 19.6. The fourth-order valence-electron chi connectivity index (χ4n) is 8.96. The predicted molar refractivity (Wildman–Crippen MR) is 240 cm³/mol. The average molecular weight is 743 g/mol. The number of aromatic nitrogens is 3. The Morgan fingerprint density at radius 1 is 0.414 bits per heavy atom. The monoisotopic (exact) mass is 742 g/mol. The number of hydrogen-bond donors (Lipinski definition) is 0. The first-order valence-corrected chi connectivity index (χ1v) is 19.6. The Labute approximate surface area is 333 Å². The first-order chi connectivity index (χ1) is 28.8. The molecule has 0 amide bonds. The van der Waals surface area contributed by atoms with Gasteiger partial charge >= 0.3 is 0 Å². The molecule has 0 aliphatic carbocycles. The molecule has 58 heavy (non-hydrogen) atoms. The zero-order valence-corrected chi connectivity index (χ0v) is 31.3. The van der Waals surface area contributed by atoms with Crippen molar-refractivity contribution in [3.05, 3.63) is 206 Å². The molecular formula is C53H34N4O. The summed E-state index contributed by atoms with van der Waals surface area (Å²) >= 11 is 0. The van der Waals surface area contributed by atoms with E-state index in [4.69, 9.17) is 9.40 Å². The van der Waals surface area contributed by atoms with Crippen LogP contribution in [0.4, 0.5) is 17.1 Å². The summed E-state index contributed by atoms with van der Waals surface area (Å²) in [5, 5.41) is 7.39. The van der Waals surface area contributed by atoms with E-state index in [0.717, 1.165) is 50.6 Å². The van der Waals surface area contributed by atoms with Crippen LogP contribution in [0.2, 0.25) is 0 Å². The van der Waals surface area contributed by atoms with Crippen molar-refractivity contribution in [2.45, 2.75) is 0 Å². The van der Waals surface area contributed by atoms with Gasteiger partial charge in [0.2, 0.25) is 5.89 Å². The van der Waals surface area contributed by atoms with Gasteiger partial charge in [-0.05, 0) is 102 Å². The molecule has 9 aromatic carbocycles. The van der Waals surface area contributed by atoms with Gasteiger partial charge in [-0.2, -0.15) is 0 Å². The molecule has 0 unspecified atom stereocenters. The van der Waals surface area contributed by atoms with E-state index in [-0.39, 0.29) is 0 Å². The molecule has 0 aliphatic rings. The van der Waals surface area contributed by atoms with E-state index in [1.54, 1.807) is 0 Å². The van der Waals surface area contributed by atoms with Gasteiger partial charge in [0.1, 0.15) is 5.52 Å². The van der Waals surface area contributed by atoms with E-state index in [1.807, 2.05) is 36.4 Å². The molecule has 0 atom stereocenters. The highest BCUT2D eigenvalue weighted by atomic mass is 16.3. The first kappa shape index (κ1) is 32.4. The number of hydrogen-bond acceptors (Lipinski definition) is 3. The van der Waals surface area contributed by atoms with Crippen LogP contribution in [0.25, 0.3) is 88.3 Å². The van der Waals surface area contributed by atoms with Gasteiger partial charge in [-0.25, -0.2) is 4.98 Å². The number of rotatable bonds is 6. The van der Waals surface area contributed by atoms with Gasteiger partial charge in [0, 0.05) is 49.9 Å². The van der Waals surface area contributed by atoms with Crippen LogP contribution in [0.1, 0.15) is 0 Å². The van der Waals surface area contributed by atoms with Crippen molar-refractivity contribution in [3.8, 4) is 22.8 Å². The summed E-state index contributed by atoms with van der Waals surface area (Å²) in [6, 6.07) is 73.2. The Balaban J connectivity index is 1.10. The van der Waals surface area contributed by atoms with Crippen LogP contribution >= 0.6 is 0 Å². The van der Waals surface area contributed by atoms with E-state index in [9.17, 15) is 0 Å². The van der Waals surface area contributed by atoms with Gasteiger partial charge in [-0.1, -0.05) is 115 Å². The van der Waals surface area contributed by atoms with Gasteiger partial charge in [-0.15, -0.1) is 0 Å². The third-order valence-corrected chi connectivity index (χ3v) is 11.5. The summed E-state index contributed by atoms with van der Waals surface area (Å²) in [6.07, 6.45) is 0. The van der Waals surface area contributed by atoms with Crippen molar-refractivity contribution in [1.29, 1.82) is 0 Å². The van der Waals surface area contributed by atoms with E-state index in [0.29, 0.717) is 5.89 Å². The van der Waals surface area contributed by atoms with Crippen molar-refractivity contribution in [2.75, 3.05) is 4.90 Å². The number of fused-ring (bicyclic) bond motifs is 9. The Morgan fingerprint density at radius 3 is 1.79 bits per heavy atom. The maximum Gasteiger partial charge on any atom is 0.227 e. The summed E-state index contributed by atoms with van der Waals surface area (Å²) in [6.45, 7) is 0. The fourth-order valence-corrected chi connectivity index (χ4v) is 8.96. The minimum atomic E-state index is 0.594. The summed E-state index contributed by atoms with van der Waals surface area (Å²) in [5.74, 6) is 0.594. The molecule has 5 heteroatoms. The number of benzene rings is 9. The molecule has 0 fully saturated rings. The summed E-state index contributed by atoms with van der Waals surface area (Å²) in [4.78, 5) is 7.29. The second kappa shape index (κ2) is 12.8. The van der Waals surface area contributed by atoms with Gasteiger partial charge in [0.05, 0.1) is 27.8 Å². The minimum absolute atomic E-state index is 0.594. The van der Waals surface area contributed by atoms with Crippen molar-refractivity contribution < 1.29 is 4.42 Å². The largest absolute Gasteiger partial charge is 0.434 e. The lowest BCUT2D eigenvalue weighted by Crippen LogP contribution is -2.10. The molecule has 3 heterocycles. The van der Waals surface area contributed by atoms with Gasteiger partial charge < -0.3 is 18.5 Å². The highest BCUT2D eigenvalue weighted by Gasteiger charge is 2.23. The number of para-hydroxylation sites is 4. The molecular weight excluding hydrogens is 709 g/mol. The fraction of sp³-hybridized carbons (Fsp3) is 0. The lowest BCUT2D eigenvalue weighted by Gasteiger charge is -2.26. The maximum absolute atomic E-state index is 6.70. The Bertz CT molecular complexity index is 3450. The lowest BCUT2D eigenvalue weighted by atomic mass is 10.0. The molecule has 0 saturated heterocycles. The van der Waals surface area contributed by atoms with Crippen LogP contribution in [0.5, 0.6) is 0 Å². The third-order valence-electron chi connectivity index (χ3n) is 11.5. The molecule has 272 valence electrons. The third kappa shape index (κ3) is 4.93. The molecule has 12 aromatic rings. The van der Waals surface area contributed by atoms with Crippen LogP contribution in [-0.2, 0) is 0 Å².